The third-order valence-electron chi connectivity index (χ3n) is 6.94. The van der Waals surface area contributed by atoms with Crippen LogP contribution in [0.25, 0.3) is 11.3 Å². The van der Waals surface area contributed by atoms with Gasteiger partial charge in [-0.15, -0.1) is 11.3 Å². The highest BCUT2D eigenvalue weighted by Crippen LogP contribution is 2.34. The van der Waals surface area contributed by atoms with Gasteiger partial charge >= 0.3 is 0 Å². The van der Waals surface area contributed by atoms with Gasteiger partial charge in [0.15, 0.2) is 5.13 Å². The normalized spacial score (nSPS) is 14.5. The Morgan fingerprint density at radius 2 is 1.79 bits per heavy atom. The number of methoxy groups -OCH3 is 1. The number of nitrogens with zero attached hydrogens (tertiary/aromatic N) is 2. The van der Waals surface area contributed by atoms with E-state index in [1.54, 1.807) is 12.1 Å². The van der Waals surface area contributed by atoms with Gasteiger partial charge in [-0.1, -0.05) is 37.0 Å². The molecule has 0 unspecified atom stereocenters. The standard InChI is InChI=1S/C28H36N4O4S2/c1-18-13-19(2)27(20(3)14-18)38(34,35)32(22-9-7-6-8-10-22)16-26(33)30-23-15-21(11-12-25(23)36-5)24-17-37-28(29-4)31-24/h11-15,17,22H,6-10,16H2,1-5H3,(H,29,31)(H,30,33). The molecule has 0 radical (unpaired) electrons. The second-order valence-corrected chi connectivity index (χ2v) is 12.5. The Labute approximate surface area is 229 Å². The van der Waals surface area contributed by atoms with Crippen LogP contribution in [0.2, 0.25) is 0 Å². The first kappa shape index (κ1) is 28.1. The zero-order chi connectivity index (χ0) is 27.4. The lowest BCUT2D eigenvalue weighted by molar-refractivity contribution is -0.116. The Morgan fingerprint density at radius 1 is 1.11 bits per heavy atom. The molecule has 1 heterocycles. The lowest BCUT2D eigenvalue weighted by Crippen LogP contribution is -2.46. The number of hydrogen-bond donors (Lipinski definition) is 2. The summed E-state index contributed by atoms with van der Waals surface area (Å²) in [6, 6.07) is 9.00. The first-order chi connectivity index (χ1) is 18.1. The fraction of sp³-hybridized carbons (Fsp3) is 0.429. The number of hydrogen-bond acceptors (Lipinski definition) is 7. The summed E-state index contributed by atoms with van der Waals surface area (Å²) >= 11 is 1.49. The molecule has 38 heavy (non-hydrogen) atoms. The van der Waals surface area contributed by atoms with Crippen LogP contribution in [-0.2, 0) is 14.8 Å². The van der Waals surface area contributed by atoms with Crippen molar-refractivity contribution < 1.29 is 17.9 Å². The number of sulfonamides is 1. The van der Waals surface area contributed by atoms with Gasteiger partial charge in [0.1, 0.15) is 5.75 Å². The molecule has 1 saturated carbocycles. The van der Waals surface area contributed by atoms with E-state index >= 15 is 0 Å². The molecule has 1 aliphatic carbocycles. The van der Waals surface area contributed by atoms with E-state index in [1.807, 2.05) is 51.4 Å². The number of benzene rings is 2. The molecule has 1 aromatic heterocycles. The van der Waals surface area contributed by atoms with Crippen LogP contribution in [0.4, 0.5) is 10.8 Å². The number of thiazole rings is 1. The van der Waals surface area contributed by atoms with Gasteiger partial charge in [-0.05, 0) is 62.9 Å². The number of amides is 1. The number of rotatable bonds is 9. The molecule has 4 rings (SSSR count). The van der Waals surface area contributed by atoms with E-state index in [2.05, 4.69) is 15.6 Å². The minimum Gasteiger partial charge on any atom is -0.495 e. The summed E-state index contributed by atoms with van der Waals surface area (Å²) in [6.45, 7) is 5.32. The first-order valence-electron chi connectivity index (χ1n) is 12.8. The van der Waals surface area contributed by atoms with Gasteiger partial charge in [-0.25, -0.2) is 13.4 Å². The summed E-state index contributed by atoms with van der Waals surface area (Å²) in [5.41, 5.74) is 4.47. The third kappa shape index (κ3) is 6.03. The first-order valence-corrected chi connectivity index (χ1v) is 15.2. The molecule has 1 aliphatic rings. The van der Waals surface area contributed by atoms with Crippen molar-refractivity contribution in [3.8, 4) is 17.0 Å². The molecular formula is C28H36N4O4S2. The highest BCUT2D eigenvalue weighted by atomic mass is 32.2. The van der Waals surface area contributed by atoms with Crippen molar-refractivity contribution in [1.29, 1.82) is 0 Å². The molecule has 0 spiro atoms. The van der Waals surface area contributed by atoms with Crippen molar-refractivity contribution in [2.24, 2.45) is 0 Å². The SMILES string of the molecule is CNc1nc(-c2ccc(OC)c(NC(=O)CN(C3CCCCC3)S(=O)(=O)c3c(C)cc(C)cc3C)c2)cs1. The second kappa shape index (κ2) is 11.8. The number of carbonyl (C=O) groups is 1. The summed E-state index contributed by atoms with van der Waals surface area (Å²) < 4.78 is 35.1. The van der Waals surface area contributed by atoms with E-state index in [0.29, 0.717) is 27.5 Å². The lowest BCUT2D eigenvalue weighted by atomic mass is 9.95. The van der Waals surface area contributed by atoms with Gasteiger partial charge in [-0.3, -0.25) is 4.79 Å². The van der Waals surface area contributed by atoms with Crippen molar-refractivity contribution in [2.45, 2.75) is 63.8 Å². The zero-order valence-electron chi connectivity index (χ0n) is 22.6. The highest BCUT2D eigenvalue weighted by molar-refractivity contribution is 7.89. The average Bonchev–Trinajstić information content (AvgIpc) is 3.36. The Kier molecular flexibility index (Phi) is 8.74. The molecule has 1 amide bonds. The third-order valence-corrected chi connectivity index (χ3v) is 10.0. The Morgan fingerprint density at radius 3 is 2.39 bits per heavy atom. The quantitative estimate of drug-likeness (QED) is 0.348. The number of ether oxygens (including phenoxy) is 1. The van der Waals surface area contributed by atoms with E-state index in [9.17, 15) is 13.2 Å². The maximum atomic E-state index is 14.1. The van der Waals surface area contributed by atoms with Crippen LogP contribution in [0.15, 0.2) is 40.6 Å². The zero-order valence-corrected chi connectivity index (χ0v) is 24.3. The molecule has 0 atom stereocenters. The largest absolute Gasteiger partial charge is 0.495 e. The van der Waals surface area contributed by atoms with Gasteiger partial charge in [0, 0.05) is 24.0 Å². The summed E-state index contributed by atoms with van der Waals surface area (Å²) in [4.78, 5) is 18.3. The second-order valence-electron chi connectivity index (χ2n) is 9.82. The Balaban J connectivity index is 1.65. The van der Waals surface area contributed by atoms with Crippen LogP contribution >= 0.6 is 11.3 Å². The molecule has 2 aromatic carbocycles. The number of nitrogens with one attached hydrogen (secondary N) is 2. The maximum Gasteiger partial charge on any atom is 0.244 e. The molecule has 3 aromatic rings. The van der Waals surface area contributed by atoms with E-state index in [4.69, 9.17) is 4.74 Å². The average molecular weight is 557 g/mol. The van der Waals surface area contributed by atoms with Gasteiger partial charge in [0.05, 0.1) is 29.9 Å². The Bertz CT molecular complexity index is 1390. The Hall–Kier alpha value is -2.95. The van der Waals surface area contributed by atoms with E-state index < -0.39 is 15.9 Å². The maximum absolute atomic E-state index is 14.1. The molecule has 2 N–H and O–H groups in total. The van der Waals surface area contributed by atoms with Crippen LogP contribution in [0, 0.1) is 20.8 Å². The minimum absolute atomic E-state index is 0.220. The number of carbonyl (C=O) groups excluding carboxylic acids is 1. The van der Waals surface area contributed by atoms with Crippen molar-refractivity contribution in [1.82, 2.24) is 9.29 Å². The predicted octanol–water partition coefficient (Wildman–Crippen LogP) is 5.75. The van der Waals surface area contributed by atoms with Crippen LogP contribution in [0.1, 0.15) is 48.8 Å². The number of anilines is 2. The van der Waals surface area contributed by atoms with Crippen molar-refractivity contribution >= 4 is 38.1 Å². The van der Waals surface area contributed by atoms with E-state index in [-0.39, 0.29) is 12.6 Å². The molecule has 0 bridgehead atoms. The molecule has 204 valence electrons. The van der Waals surface area contributed by atoms with Crippen LogP contribution in [0.3, 0.4) is 0 Å². The number of aromatic nitrogens is 1. The van der Waals surface area contributed by atoms with Crippen molar-refractivity contribution in [2.75, 3.05) is 31.3 Å². The summed E-state index contributed by atoms with van der Waals surface area (Å²) in [5.74, 6) is 0.0784. The summed E-state index contributed by atoms with van der Waals surface area (Å²) in [6.07, 6.45) is 4.46. The number of aryl methyl sites for hydroxylation is 3. The fourth-order valence-electron chi connectivity index (χ4n) is 5.29. The molecular weight excluding hydrogens is 520 g/mol. The van der Waals surface area contributed by atoms with Crippen molar-refractivity contribution in [3.05, 3.63) is 52.4 Å². The minimum atomic E-state index is -3.91. The fourth-order valence-corrected chi connectivity index (χ4v) is 8.03. The van der Waals surface area contributed by atoms with Gasteiger partial charge in [0.2, 0.25) is 15.9 Å². The summed E-state index contributed by atoms with van der Waals surface area (Å²) in [7, 11) is -0.558. The van der Waals surface area contributed by atoms with Gasteiger partial charge in [0.25, 0.3) is 0 Å². The smallest absolute Gasteiger partial charge is 0.244 e. The van der Waals surface area contributed by atoms with Gasteiger partial charge < -0.3 is 15.4 Å². The highest BCUT2D eigenvalue weighted by Gasteiger charge is 2.36. The molecule has 8 nitrogen and oxygen atoms in total. The molecule has 0 aliphatic heterocycles. The monoisotopic (exact) mass is 556 g/mol. The van der Waals surface area contributed by atoms with Crippen LogP contribution in [-0.4, -0.2) is 50.4 Å². The molecule has 1 fully saturated rings. The van der Waals surface area contributed by atoms with Crippen LogP contribution in [0.5, 0.6) is 5.75 Å². The van der Waals surface area contributed by atoms with E-state index in [1.165, 1.54) is 22.8 Å². The van der Waals surface area contributed by atoms with Crippen LogP contribution < -0.4 is 15.4 Å². The topological polar surface area (TPSA) is 101 Å². The molecule has 0 saturated heterocycles. The van der Waals surface area contributed by atoms with E-state index in [0.717, 1.165) is 54.1 Å². The molecule has 10 heteroatoms. The summed E-state index contributed by atoms with van der Waals surface area (Å²) in [5, 5.41) is 8.66. The van der Waals surface area contributed by atoms with Crippen molar-refractivity contribution in [3.63, 3.8) is 0 Å². The lowest BCUT2D eigenvalue weighted by Gasteiger charge is -2.34. The predicted molar refractivity (Wildman–Crippen MR) is 154 cm³/mol. The van der Waals surface area contributed by atoms with Gasteiger partial charge in [-0.2, -0.15) is 4.31 Å².